The first-order valence-electron chi connectivity index (χ1n) is 8.32. The van der Waals surface area contributed by atoms with Crippen molar-refractivity contribution in [2.75, 3.05) is 25.4 Å². The van der Waals surface area contributed by atoms with E-state index in [0.29, 0.717) is 31.6 Å². The van der Waals surface area contributed by atoms with Gasteiger partial charge in [-0.2, -0.15) is 9.40 Å². The van der Waals surface area contributed by atoms with E-state index in [1.807, 2.05) is 0 Å². The molecule has 2 aliphatic rings. The third-order valence-electron chi connectivity index (χ3n) is 4.56. The van der Waals surface area contributed by atoms with E-state index in [0.717, 1.165) is 25.8 Å². The lowest BCUT2D eigenvalue weighted by molar-refractivity contribution is 0.0658. The van der Waals surface area contributed by atoms with Crippen LogP contribution in [0.5, 0.6) is 0 Å². The predicted octanol–water partition coefficient (Wildman–Crippen LogP) is 0.933. The Kier molecular flexibility index (Phi) is 4.72. The van der Waals surface area contributed by atoms with Crippen LogP contribution in [0.25, 0.3) is 0 Å². The number of rotatable bonds is 4. The summed E-state index contributed by atoms with van der Waals surface area (Å²) >= 11 is 0. The van der Waals surface area contributed by atoms with Crippen molar-refractivity contribution in [1.82, 2.24) is 19.0 Å². The normalized spacial score (nSPS) is 24.9. The summed E-state index contributed by atoms with van der Waals surface area (Å²) in [7, 11) is -3.12. The van der Waals surface area contributed by atoms with E-state index in [2.05, 4.69) is 12.0 Å². The Morgan fingerprint density at radius 1 is 1.35 bits per heavy atom. The molecule has 1 amide bonds. The molecule has 1 atom stereocenters. The average molecular weight is 340 g/mol. The first-order chi connectivity index (χ1) is 11.0. The van der Waals surface area contributed by atoms with E-state index in [1.165, 1.54) is 0 Å². The monoisotopic (exact) mass is 340 g/mol. The number of piperidine rings is 1. The molecule has 2 fully saturated rings. The zero-order valence-electron chi connectivity index (χ0n) is 13.5. The van der Waals surface area contributed by atoms with Crippen LogP contribution in [0, 0.1) is 0 Å². The van der Waals surface area contributed by atoms with Crippen molar-refractivity contribution in [3.8, 4) is 0 Å². The summed E-state index contributed by atoms with van der Waals surface area (Å²) in [5.41, 5.74) is 0.586. The van der Waals surface area contributed by atoms with E-state index < -0.39 is 10.0 Å². The van der Waals surface area contributed by atoms with Crippen LogP contribution in [0.15, 0.2) is 12.4 Å². The van der Waals surface area contributed by atoms with Crippen LogP contribution in [-0.2, 0) is 16.6 Å². The van der Waals surface area contributed by atoms with E-state index in [9.17, 15) is 13.2 Å². The minimum atomic E-state index is -3.12. The largest absolute Gasteiger partial charge is 0.337 e. The maximum atomic E-state index is 12.6. The highest BCUT2D eigenvalue weighted by Crippen LogP contribution is 2.24. The number of carbonyl (C=O) groups excluding carboxylic acids is 1. The molecule has 8 heteroatoms. The predicted molar refractivity (Wildman–Crippen MR) is 86.6 cm³/mol. The van der Waals surface area contributed by atoms with Crippen molar-refractivity contribution < 1.29 is 13.2 Å². The topological polar surface area (TPSA) is 75.5 Å². The van der Waals surface area contributed by atoms with Crippen LogP contribution in [0.1, 0.15) is 43.0 Å². The Morgan fingerprint density at radius 3 is 2.87 bits per heavy atom. The minimum Gasteiger partial charge on any atom is -0.337 e. The Labute approximate surface area is 137 Å². The molecule has 0 aliphatic carbocycles. The van der Waals surface area contributed by atoms with Gasteiger partial charge in [-0.3, -0.25) is 9.48 Å². The zero-order chi connectivity index (χ0) is 16.4. The maximum absolute atomic E-state index is 12.6. The van der Waals surface area contributed by atoms with Gasteiger partial charge in [0.05, 0.1) is 17.5 Å². The minimum absolute atomic E-state index is 0.0475. The maximum Gasteiger partial charge on any atom is 0.257 e. The first kappa shape index (κ1) is 16.4. The van der Waals surface area contributed by atoms with Gasteiger partial charge in [-0.1, -0.05) is 6.92 Å². The molecule has 3 heterocycles. The highest BCUT2D eigenvalue weighted by Gasteiger charge is 2.37. The molecule has 23 heavy (non-hydrogen) atoms. The number of sulfonamides is 1. The number of amides is 1. The lowest BCUT2D eigenvalue weighted by atomic mass is 10.0. The fourth-order valence-corrected chi connectivity index (χ4v) is 5.21. The summed E-state index contributed by atoms with van der Waals surface area (Å²) in [6.45, 7) is 4.61. The summed E-state index contributed by atoms with van der Waals surface area (Å²) in [4.78, 5) is 14.4. The molecular formula is C15H24N4O3S. The summed E-state index contributed by atoms with van der Waals surface area (Å²) < 4.78 is 27.6. The molecule has 1 unspecified atom stereocenters. The molecular weight excluding hydrogens is 316 g/mol. The van der Waals surface area contributed by atoms with Crippen LogP contribution in [-0.4, -0.2) is 64.7 Å². The van der Waals surface area contributed by atoms with Crippen molar-refractivity contribution in [3.05, 3.63) is 18.0 Å². The van der Waals surface area contributed by atoms with Crippen LogP contribution < -0.4 is 0 Å². The summed E-state index contributed by atoms with van der Waals surface area (Å²) in [6, 6.07) is -0.0779. The molecule has 128 valence electrons. The number of likely N-dealkylation sites (tertiary alicyclic amines) is 1. The Balaban J connectivity index is 1.69. The molecule has 0 aromatic carbocycles. The van der Waals surface area contributed by atoms with Gasteiger partial charge in [-0.15, -0.1) is 0 Å². The molecule has 0 bridgehead atoms. The lowest BCUT2D eigenvalue weighted by Crippen LogP contribution is -2.50. The van der Waals surface area contributed by atoms with Crippen molar-refractivity contribution in [3.63, 3.8) is 0 Å². The van der Waals surface area contributed by atoms with Gasteiger partial charge in [-0.25, -0.2) is 8.42 Å². The summed E-state index contributed by atoms with van der Waals surface area (Å²) in [5.74, 6) is 0.190. The number of hydrogen-bond donors (Lipinski definition) is 0. The van der Waals surface area contributed by atoms with E-state index in [1.54, 1.807) is 26.3 Å². The number of aromatic nitrogens is 2. The quantitative estimate of drug-likeness (QED) is 0.817. The SMILES string of the molecule is CCCn1cc(C(=O)N2CCCC(N3CCCS3(=O)=O)C2)cn1. The molecule has 3 rings (SSSR count). The van der Waals surface area contributed by atoms with Gasteiger partial charge < -0.3 is 4.90 Å². The zero-order valence-corrected chi connectivity index (χ0v) is 14.3. The van der Waals surface area contributed by atoms with E-state index in [4.69, 9.17) is 0 Å². The number of nitrogens with zero attached hydrogens (tertiary/aromatic N) is 4. The van der Waals surface area contributed by atoms with Gasteiger partial charge in [0.25, 0.3) is 5.91 Å². The van der Waals surface area contributed by atoms with Gasteiger partial charge in [0.2, 0.25) is 10.0 Å². The molecule has 0 radical (unpaired) electrons. The third kappa shape index (κ3) is 3.42. The molecule has 2 aliphatic heterocycles. The van der Waals surface area contributed by atoms with Crippen molar-refractivity contribution in [2.45, 2.75) is 45.2 Å². The molecule has 7 nitrogen and oxygen atoms in total. The Bertz CT molecular complexity index is 670. The van der Waals surface area contributed by atoms with Gasteiger partial charge in [-0.05, 0) is 25.7 Å². The van der Waals surface area contributed by atoms with Gasteiger partial charge in [0, 0.05) is 38.4 Å². The molecule has 0 saturated carbocycles. The van der Waals surface area contributed by atoms with Crippen molar-refractivity contribution in [1.29, 1.82) is 0 Å². The van der Waals surface area contributed by atoms with Gasteiger partial charge in [0.15, 0.2) is 0 Å². The summed E-state index contributed by atoms with van der Waals surface area (Å²) in [6.07, 6.45) is 6.71. The lowest BCUT2D eigenvalue weighted by Gasteiger charge is -2.36. The smallest absolute Gasteiger partial charge is 0.257 e. The number of carbonyl (C=O) groups is 1. The average Bonchev–Trinajstić information content (AvgIpc) is 3.13. The van der Waals surface area contributed by atoms with Gasteiger partial charge >= 0.3 is 0 Å². The van der Waals surface area contributed by atoms with Crippen molar-refractivity contribution in [2.24, 2.45) is 0 Å². The van der Waals surface area contributed by atoms with Crippen LogP contribution in [0.4, 0.5) is 0 Å². The molecule has 2 saturated heterocycles. The van der Waals surface area contributed by atoms with Crippen LogP contribution in [0.3, 0.4) is 0 Å². The van der Waals surface area contributed by atoms with Crippen LogP contribution >= 0.6 is 0 Å². The second-order valence-electron chi connectivity index (χ2n) is 6.32. The first-order valence-corrected chi connectivity index (χ1v) is 9.93. The van der Waals surface area contributed by atoms with Gasteiger partial charge in [0.1, 0.15) is 0 Å². The Hall–Kier alpha value is -1.41. The Morgan fingerprint density at radius 2 is 2.17 bits per heavy atom. The molecule has 0 spiro atoms. The standard InChI is InChI=1S/C15H24N4O3S/c1-2-6-18-11-13(10-16-18)15(20)17-7-3-5-14(12-17)19-8-4-9-23(19,21)22/h10-11,14H,2-9,12H2,1H3. The number of aryl methyl sites for hydroxylation is 1. The summed E-state index contributed by atoms with van der Waals surface area (Å²) in [5, 5.41) is 4.20. The molecule has 0 N–H and O–H groups in total. The second-order valence-corrected chi connectivity index (χ2v) is 8.36. The van der Waals surface area contributed by atoms with E-state index in [-0.39, 0.29) is 17.7 Å². The van der Waals surface area contributed by atoms with E-state index >= 15 is 0 Å². The van der Waals surface area contributed by atoms with Crippen molar-refractivity contribution >= 4 is 15.9 Å². The number of hydrogen-bond acceptors (Lipinski definition) is 4. The highest BCUT2D eigenvalue weighted by molar-refractivity contribution is 7.89. The van der Waals surface area contributed by atoms with Crippen LogP contribution in [0.2, 0.25) is 0 Å². The fraction of sp³-hybridized carbons (Fsp3) is 0.733. The molecule has 1 aromatic heterocycles. The molecule has 1 aromatic rings. The second kappa shape index (κ2) is 6.60. The highest BCUT2D eigenvalue weighted by atomic mass is 32.2. The third-order valence-corrected chi connectivity index (χ3v) is 6.56. The fourth-order valence-electron chi connectivity index (χ4n) is 3.45.